The van der Waals surface area contributed by atoms with Crippen LogP contribution in [0.1, 0.15) is 71.2 Å². The van der Waals surface area contributed by atoms with Gasteiger partial charge in [-0.15, -0.1) is 11.3 Å². The summed E-state index contributed by atoms with van der Waals surface area (Å²) in [6.45, 7) is 16.1. The lowest BCUT2D eigenvalue weighted by Gasteiger charge is -2.35. The predicted molar refractivity (Wildman–Crippen MR) is 142 cm³/mol. The summed E-state index contributed by atoms with van der Waals surface area (Å²) in [5, 5.41) is 5.80. The SMILES string of the molecule is CC.CC(=O)NC(C(=O)N1CCCC1C(=O)NCc1ccc(-c2scnc2C)cc1C)C(C)(C)C. The smallest absolute Gasteiger partial charge is 0.246 e. The van der Waals surface area contributed by atoms with Gasteiger partial charge in [0.15, 0.2) is 0 Å². The van der Waals surface area contributed by atoms with Crippen molar-refractivity contribution >= 4 is 29.1 Å². The fourth-order valence-corrected chi connectivity index (χ4v) is 5.04. The maximum Gasteiger partial charge on any atom is 0.246 e. The number of likely N-dealkylation sites (tertiary alicyclic amines) is 1. The second kappa shape index (κ2) is 12.3. The van der Waals surface area contributed by atoms with Gasteiger partial charge in [-0.2, -0.15) is 0 Å². The third kappa shape index (κ3) is 7.13. The minimum atomic E-state index is -0.673. The topological polar surface area (TPSA) is 91.4 Å². The first-order chi connectivity index (χ1) is 16.5. The lowest BCUT2D eigenvalue weighted by Crippen LogP contribution is -2.57. The molecule has 192 valence electrons. The number of thiazole rings is 1. The van der Waals surface area contributed by atoms with E-state index in [4.69, 9.17) is 0 Å². The van der Waals surface area contributed by atoms with Crippen LogP contribution in [0.15, 0.2) is 23.7 Å². The molecule has 1 aromatic heterocycles. The Kier molecular flexibility index (Phi) is 10.0. The molecule has 1 aromatic carbocycles. The molecule has 1 aliphatic rings. The number of benzene rings is 1. The summed E-state index contributed by atoms with van der Waals surface area (Å²) < 4.78 is 0. The number of aromatic nitrogens is 1. The molecule has 2 atom stereocenters. The second-order valence-electron chi connectivity index (χ2n) is 9.82. The van der Waals surface area contributed by atoms with Crippen molar-refractivity contribution in [1.29, 1.82) is 0 Å². The molecule has 0 spiro atoms. The average Bonchev–Trinajstić information content (AvgIpc) is 3.46. The fourth-order valence-electron chi connectivity index (χ4n) is 4.24. The highest BCUT2D eigenvalue weighted by atomic mass is 32.1. The third-order valence-corrected chi connectivity index (χ3v) is 7.08. The minimum absolute atomic E-state index is 0.155. The predicted octanol–water partition coefficient (Wildman–Crippen LogP) is 4.61. The highest BCUT2D eigenvalue weighted by Crippen LogP contribution is 2.29. The van der Waals surface area contributed by atoms with Crippen molar-refractivity contribution in [3.8, 4) is 10.4 Å². The van der Waals surface area contributed by atoms with E-state index >= 15 is 0 Å². The average molecular weight is 501 g/mol. The molecular formula is C27H40N4O3S. The molecular weight excluding hydrogens is 460 g/mol. The number of carbonyl (C=O) groups is 3. The van der Waals surface area contributed by atoms with Crippen LogP contribution >= 0.6 is 11.3 Å². The molecule has 1 fully saturated rings. The van der Waals surface area contributed by atoms with Crippen LogP contribution in [0, 0.1) is 19.3 Å². The van der Waals surface area contributed by atoms with Crippen LogP contribution in [0.5, 0.6) is 0 Å². The molecule has 3 amide bonds. The lowest BCUT2D eigenvalue weighted by atomic mass is 9.85. The first-order valence-electron chi connectivity index (χ1n) is 12.3. The van der Waals surface area contributed by atoms with Crippen LogP contribution in [0.4, 0.5) is 0 Å². The Morgan fingerprint density at radius 1 is 1.20 bits per heavy atom. The van der Waals surface area contributed by atoms with Crippen LogP contribution in [-0.2, 0) is 20.9 Å². The summed E-state index contributed by atoms with van der Waals surface area (Å²) >= 11 is 1.62. The largest absolute Gasteiger partial charge is 0.350 e. The molecule has 35 heavy (non-hydrogen) atoms. The summed E-state index contributed by atoms with van der Waals surface area (Å²) in [6, 6.07) is 5.02. The van der Waals surface area contributed by atoms with Gasteiger partial charge in [0.05, 0.1) is 16.1 Å². The van der Waals surface area contributed by atoms with E-state index < -0.39 is 17.5 Å². The number of carbonyl (C=O) groups excluding carboxylic acids is 3. The van der Waals surface area contributed by atoms with Crippen LogP contribution < -0.4 is 10.6 Å². The summed E-state index contributed by atoms with van der Waals surface area (Å²) in [5.41, 5.74) is 5.66. The van der Waals surface area contributed by atoms with E-state index in [0.29, 0.717) is 19.5 Å². The van der Waals surface area contributed by atoms with E-state index in [2.05, 4.69) is 27.8 Å². The van der Waals surface area contributed by atoms with Crippen LogP contribution in [0.3, 0.4) is 0 Å². The van der Waals surface area contributed by atoms with Crippen molar-refractivity contribution in [3.63, 3.8) is 0 Å². The van der Waals surface area contributed by atoms with E-state index in [9.17, 15) is 14.4 Å². The van der Waals surface area contributed by atoms with Gasteiger partial charge in [-0.05, 0) is 48.8 Å². The molecule has 0 aliphatic carbocycles. The molecule has 2 unspecified atom stereocenters. The maximum atomic E-state index is 13.3. The van der Waals surface area contributed by atoms with Gasteiger partial charge in [-0.1, -0.05) is 52.8 Å². The normalized spacial score (nSPS) is 16.2. The summed E-state index contributed by atoms with van der Waals surface area (Å²) in [5.74, 6) is -0.607. The zero-order chi connectivity index (χ0) is 26.3. The van der Waals surface area contributed by atoms with Crippen molar-refractivity contribution in [1.82, 2.24) is 20.5 Å². The van der Waals surface area contributed by atoms with Gasteiger partial charge < -0.3 is 15.5 Å². The summed E-state index contributed by atoms with van der Waals surface area (Å²) in [6.07, 6.45) is 1.39. The van der Waals surface area contributed by atoms with Crippen LogP contribution in [-0.4, -0.2) is 46.2 Å². The number of nitrogens with one attached hydrogen (secondary N) is 2. The number of hydrogen-bond acceptors (Lipinski definition) is 5. The van der Waals surface area contributed by atoms with Gasteiger partial charge in [0, 0.05) is 20.0 Å². The van der Waals surface area contributed by atoms with Gasteiger partial charge >= 0.3 is 0 Å². The molecule has 1 aliphatic heterocycles. The molecule has 0 radical (unpaired) electrons. The Bertz CT molecular complexity index is 1040. The molecule has 1 saturated heterocycles. The van der Waals surface area contributed by atoms with Crippen molar-refractivity contribution in [2.75, 3.05) is 6.54 Å². The van der Waals surface area contributed by atoms with Crippen molar-refractivity contribution in [2.24, 2.45) is 5.41 Å². The molecule has 2 heterocycles. The number of hydrogen-bond donors (Lipinski definition) is 2. The van der Waals surface area contributed by atoms with Crippen molar-refractivity contribution in [2.45, 2.75) is 86.9 Å². The molecule has 0 bridgehead atoms. The maximum absolute atomic E-state index is 13.3. The van der Waals surface area contributed by atoms with E-state index in [-0.39, 0.29) is 17.7 Å². The molecule has 2 aromatic rings. The summed E-state index contributed by atoms with van der Waals surface area (Å²) in [7, 11) is 0. The highest BCUT2D eigenvalue weighted by Gasteiger charge is 2.41. The highest BCUT2D eigenvalue weighted by molar-refractivity contribution is 7.13. The molecule has 2 N–H and O–H groups in total. The van der Waals surface area contributed by atoms with Gasteiger partial charge in [0.25, 0.3) is 0 Å². The molecule has 3 rings (SSSR count). The first-order valence-corrected chi connectivity index (χ1v) is 13.2. The third-order valence-electron chi connectivity index (χ3n) is 6.10. The quantitative estimate of drug-likeness (QED) is 0.606. The monoisotopic (exact) mass is 500 g/mol. The lowest BCUT2D eigenvalue weighted by molar-refractivity contribution is -0.143. The van der Waals surface area contributed by atoms with E-state index in [1.54, 1.807) is 16.2 Å². The Labute approximate surface area is 213 Å². The van der Waals surface area contributed by atoms with Crippen LogP contribution in [0.2, 0.25) is 0 Å². The standard InChI is InChI=1S/C25H34N4O3S.C2H6/c1-15-12-18(21-16(2)27-14-33-21)9-10-19(15)13-26-23(31)20-8-7-11-29(20)24(32)22(25(4,5)6)28-17(3)30;1-2/h9-10,12,14,20,22H,7-8,11,13H2,1-6H3,(H,26,31)(H,28,30);1-2H3. The second-order valence-corrected chi connectivity index (χ2v) is 10.7. The van der Waals surface area contributed by atoms with Gasteiger partial charge in [-0.3, -0.25) is 14.4 Å². The zero-order valence-electron chi connectivity index (χ0n) is 22.3. The first kappa shape index (κ1) is 28.5. The zero-order valence-corrected chi connectivity index (χ0v) is 23.1. The fraction of sp³-hybridized carbons (Fsp3) is 0.556. The number of rotatable bonds is 6. The Hall–Kier alpha value is -2.74. The van der Waals surface area contributed by atoms with Crippen molar-refractivity contribution in [3.05, 3.63) is 40.5 Å². The van der Waals surface area contributed by atoms with E-state index in [1.807, 2.05) is 60.0 Å². The molecule has 8 heteroatoms. The van der Waals surface area contributed by atoms with E-state index in [1.165, 1.54) is 6.92 Å². The minimum Gasteiger partial charge on any atom is -0.350 e. The molecule has 0 saturated carbocycles. The van der Waals surface area contributed by atoms with E-state index in [0.717, 1.165) is 33.7 Å². The van der Waals surface area contributed by atoms with Crippen LogP contribution in [0.25, 0.3) is 10.4 Å². The van der Waals surface area contributed by atoms with Gasteiger partial charge in [-0.25, -0.2) is 4.98 Å². The van der Waals surface area contributed by atoms with Gasteiger partial charge in [0.2, 0.25) is 17.7 Å². The number of aryl methyl sites for hydroxylation is 2. The Morgan fingerprint density at radius 2 is 1.89 bits per heavy atom. The number of amides is 3. The summed E-state index contributed by atoms with van der Waals surface area (Å²) in [4.78, 5) is 45.1. The van der Waals surface area contributed by atoms with Crippen molar-refractivity contribution < 1.29 is 14.4 Å². The Balaban J connectivity index is 0.00000210. The number of nitrogens with zero attached hydrogens (tertiary/aromatic N) is 2. The molecule has 7 nitrogen and oxygen atoms in total. The van der Waals surface area contributed by atoms with Gasteiger partial charge in [0.1, 0.15) is 12.1 Å². The Morgan fingerprint density at radius 3 is 2.43 bits per heavy atom.